The third kappa shape index (κ3) is 2.72. The number of piperidine rings is 1. The topological polar surface area (TPSA) is 76.8 Å². The highest BCUT2D eigenvalue weighted by atomic mass is 16.3. The quantitative estimate of drug-likeness (QED) is 0.787. The lowest BCUT2D eigenvalue weighted by Crippen LogP contribution is -2.47. The standard InChI is InChI=1S/C16H20N2O3/c19-10-13-9-12-3-1-2-4-14(12)17-15(13)18-7-5-16(21,11-20)6-8-18/h1-4,9,19-21H,5-8,10-11H2. The molecule has 3 N–H and O–H groups in total. The highest BCUT2D eigenvalue weighted by molar-refractivity contribution is 5.81. The largest absolute Gasteiger partial charge is 0.393 e. The Hall–Kier alpha value is -1.69. The molecule has 0 spiro atoms. The molecule has 5 nitrogen and oxygen atoms in total. The summed E-state index contributed by atoms with van der Waals surface area (Å²) in [4.78, 5) is 6.74. The molecule has 0 unspecified atom stereocenters. The number of anilines is 1. The van der Waals surface area contributed by atoms with Gasteiger partial charge in [-0.05, 0) is 25.0 Å². The van der Waals surface area contributed by atoms with Gasteiger partial charge in [0.15, 0.2) is 0 Å². The minimum Gasteiger partial charge on any atom is -0.393 e. The SMILES string of the molecule is OCc1cc2ccccc2nc1N1CCC(O)(CO)CC1. The summed E-state index contributed by atoms with van der Waals surface area (Å²) in [7, 11) is 0. The van der Waals surface area contributed by atoms with E-state index in [1.807, 2.05) is 30.3 Å². The van der Waals surface area contributed by atoms with Gasteiger partial charge < -0.3 is 20.2 Å². The molecular formula is C16H20N2O3. The predicted molar refractivity (Wildman–Crippen MR) is 81.1 cm³/mol. The molecule has 21 heavy (non-hydrogen) atoms. The summed E-state index contributed by atoms with van der Waals surface area (Å²) in [6, 6.07) is 9.79. The van der Waals surface area contributed by atoms with E-state index in [0.29, 0.717) is 25.9 Å². The second-order valence-electron chi connectivity index (χ2n) is 5.69. The molecule has 0 aliphatic carbocycles. The van der Waals surface area contributed by atoms with Crippen LogP contribution in [0.3, 0.4) is 0 Å². The molecule has 2 heterocycles. The maximum Gasteiger partial charge on any atom is 0.134 e. The molecule has 0 radical (unpaired) electrons. The van der Waals surface area contributed by atoms with Crippen LogP contribution in [0.25, 0.3) is 10.9 Å². The van der Waals surface area contributed by atoms with Crippen molar-refractivity contribution in [2.24, 2.45) is 0 Å². The van der Waals surface area contributed by atoms with Crippen molar-refractivity contribution in [1.82, 2.24) is 4.98 Å². The van der Waals surface area contributed by atoms with E-state index in [1.54, 1.807) is 0 Å². The van der Waals surface area contributed by atoms with Crippen molar-refractivity contribution >= 4 is 16.7 Å². The van der Waals surface area contributed by atoms with Gasteiger partial charge in [-0.2, -0.15) is 0 Å². The first-order valence-corrected chi connectivity index (χ1v) is 7.23. The molecule has 1 aliphatic rings. The smallest absolute Gasteiger partial charge is 0.134 e. The van der Waals surface area contributed by atoms with Crippen LogP contribution in [-0.4, -0.2) is 45.6 Å². The van der Waals surface area contributed by atoms with Crippen molar-refractivity contribution in [2.45, 2.75) is 25.0 Å². The number of hydrogen-bond donors (Lipinski definition) is 3. The van der Waals surface area contributed by atoms with Crippen LogP contribution in [0, 0.1) is 0 Å². The minimum absolute atomic E-state index is 0.0616. The number of rotatable bonds is 3. The van der Waals surface area contributed by atoms with Gasteiger partial charge in [0.25, 0.3) is 0 Å². The Morgan fingerprint density at radius 3 is 2.52 bits per heavy atom. The van der Waals surface area contributed by atoms with Gasteiger partial charge >= 0.3 is 0 Å². The summed E-state index contributed by atoms with van der Waals surface area (Å²) in [6.07, 6.45) is 1.01. The number of aromatic nitrogens is 1. The van der Waals surface area contributed by atoms with Gasteiger partial charge in [-0.15, -0.1) is 0 Å². The zero-order chi connectivity index (χ0) is 14.9. The molecule has 1 fully saturated rings. The Bertz CT molecular complexity index is 636. The highest BCUT2D eigenvalue weighted by Crippen LogP contribution is 2.29. The maximum atomic E-state index is 10.1. The molecule has 0 saturated carbocycles. The lowest BCUT2D eigenvalue weighted by atomic mass is 9.92. The normalized spacial score (nSPS) is 18.1. The van der Waals surface area contributed by atoms with Gasteiger partial charge in [-0.1, -0.05) is 18.2 Å². The molecule has 0 atom stereocenters. The summed E-state index contributed by atoms with van der Waals surface area (Å²) in [5, 5.41) is 29.9. The van der Waals surface area contributed by atoms with Crippen LogP contribution in [-0.2, 0) is 6.61 Å². The summed E-state index contributed by atoms with van der Waals surface area (Å²) in [5.41, 5.74) is 0.711. The number of hydrogen-bond acceptors (Lipinski definition) is 5. The Labute approximate surface area is 123 Å². The Kier molecular flexibility index (Phi) is 3.80. The fourth-order valence-electron chi connectivity index (χ4n) is 2.83. The first-order chi connectivity index (χ1) is 10.1. The fourth-order valence-corrected chi connectivity index (χ4v) is 2.83. The van der Waals surface area contributed by atoms with E-state index in [1.165, 1.54) is 0 Å². The lowest BCUT2D eigenvalue weighted by Gasteiger charge is -2.38. The molecule has 3 rings (SSSR count). The summed E-state index contributed by atoms with van der Waals surface area (Å²) in [6.45, 7) is 0.970. The first kappa shape index (κ1) is 14.3. The molecule has 1 aliphatic heterocycles. The van der Waals surface area contributed by atoms with E-state index < -0.39 is 5.60 Å². The van der Waals surface area contributed by atoms with Crippen LogP contribution < -0.4 is 4.90 Å². The Balaban J connectivity index is 1.93. The number of benzene rings is 1. The zero-order valence-corrected chi connectivity index (χ0v) is 11.9. The van der Waals surface area contributed by atoms with E-state index in [-0.39, 0.29) is 13.2 Å². The van der Waals surface area contributed by atoms with E-state index in [9.17, 15) is 15.3 Å². The number of para-hydroxylation sites is 1. The van der Waals surface area contributed by atoms with Crippen LogP contribution in [0.4, 0.5) is 5.82 Å². The molecular weight excluding hydrogens is 268 g/mol. The van der Waals surface area contributed by atoms with Gasteiger partial charge in [0, 0.05) is 24.0 Å². The van der Waals surface area contributed by atoms with Crippen molar-refractivity contribution in [2.75, 3.05) is 24.6 Å². The summed E-state index contributed by atoms with van der Waals surface area (Å²) in [5.74, 6) is 0.774. The average Bonchev–Trinajstić information content (AvgIpc) is 2.54. The van der Waals surface area contributed by atoms with Gasteiger partial charge in [0.05, 0.1) is 24.3 Å². The van der Waals surface area contributed by atoms with Crippen LogP contribution in [0.5, 0.6) is 0 Å². The van der Waals surface area contributed by atoms with E-state index in [2.05, 4.69) is 9.88 Å². The molecule has 2 aromatic rings. The second kappa shape index (κ2) is 5.60. The van der Waals surface area contributed by atoms with Crippen molar-refractivity contribution in [3.63, 3.8) is 0 Å². The predicted octanol–water partition coefficient (Wildman–Crippen LogP) is 1.05. The molecule has 1 aromatic heterocycles. The molecule has 1 aromatic carbocycles. The molecule has 0 amide bonds. The van der Waals surface area contributed by atoms with Crippen LogP contribution in [0.2, 0.25) is 0 Å². The molecule has 0 bridgehead atoms. The number of nitrogens with zero attached hydrogens (tertiary/aromatic N) is 2. The summed E-state index contributed by atoms with van der Waals surface area (Å²) >= 11 is 0. The Morgan fingerprint density at radius 1 is 1.14 bits per heavy atom. The number of aliphatic hydroxyl groups is 3. The van der Waals surface area contributed by atoms with Gasteiger partial charge in [-0.3, -0.25) is 0 Å². The van der Waals surface area contributed by atoms with Crippen molar-refractivity contribution < 1.29 is 15.3 Å². The fraction of sp³-hybridized carbons (Fsp3) is 0.438. The van der Waals surface area contributed by atoms with Crippen molar-refractivity contribution in [3.8, 4) is 0 Å². The van der Waals surface area contributed by atoms with Crippen molar-refractivity contribution in [1.29, 1.82) is 0 Å². The maximum absolute atomic E-state index is 10.1. The number of aliphatic hydroxyl groups excluding tert-OH is 2. The molecule has 112 valence electrons. The van der Waals surface area contributed by atoms with Gasteiger partial charge in [0.1, 0.15) is 5.82 Å². The number of fused-ring (bicyclic) bond motifs is 1. The van der Waals surface area contributed by atoms with E-state index in [4.69, 9.17) is 0 Å². The minimum atomic E-state index is -0.979. The Morgan fingerprint density at radius 2 is 1.86 bits per heavy atom. The lowest BCUT2D eigenvalue weighted by molar-refractivity contribution is -0.0326. The average molecular weight is 288 g/mol. The van der Waals surface area contributed by atoms with Crippen molar-refractivity contribution in [3.05, 3.63) is 35.9 Å². The van der Waals surface area contributed by atoms with Crippen LogP contribution in [0.15, 0.2) is 30.3 Å². The van der Waals surface area contributed by atoms with Gasteiger partial charge in [-0.25, -0.2) is 4.98 Å². The summed E-state index contributed by atoms with van der Waals surface area (Å²) < 4.78 is 0. The highest BCUT2D eigenvalue weighted by Gasteiger charge is 2.32. The van der Waals surface area contributed by atoms with Gasteiger partial charge in [0.2, 0.25) is 0 Å². The molecule has 5 heteroatoms. The van der Waals surface area contributed by atoms with E-state index >= 15 is 0 Å². The second-order valence-corrected chi connectivity index (χ2v) is 5.69. The third-order valence-electron chi connectivity index (χ3n) is 4.24. The van der Waals surface area contributed by atoms with Crippen LogP contribution >= 0.6 is 0 Å². The van der Waals surface area contributed by atoms with Crippen LogP contribution in [0.1, 0.15) is 18.4 Å². The number of pyridine rings is 1. The molecule has 1 saturated heterocycles. The first-order valence-electron chi connectivity index (χ1n) is 7.23. The third-order valence-corrected chi connectivity index (χ3v) is 4.24. The zero-order valence-electron chi connectivity index (χ0n) is 11.9. The monoisotopic (exact) mass is 288 g/mol. The van der Waals surface area contributed by atoms with E-state index in [0.717, 1.165) is 22.3 Å².